The Kier molecular flexibility index (Phi) is 5.82. The summed E-state index contributed by atoms with van der Waals surface area (Å²) in [6.07, 6.45) is 5.50. The van der Waals surface area contributed by atoms with Gasteiger partial charge < -0.3 is 19.0 Å². The van der Waals surface area contributed by atoms with Gasteiger partial charge in [-0.25, -0.2) is 9.78 Å². The number of amides is 1. The van der Waals surface area contributed by atoms with Crippen LogP contribution in [0.1, 0.15) is 30.0 Å². The van der Waals surface area contributed by atoms with Gasteiger partial charge in [-0.15, -0.1) is 0 Å². The lowest BCUT2D eigenvalue weighted by Gasteiger charge is -2.17. The van der Waals surface area contributed by atoms with Crippen LogP contribution in [-0.4, -0.2) is 28.1 Å². The van der Waals surface area contributed by atoms with E-state index in [-0.39, 0.29) is 11.5 Å². The molecule has 0 saturated carbocycles. The fourth-order valence-electron chi connectivity index (χ4n) is 3.03. The molecule has 148 valence electrons. The zero-order chi connectivity index (χ0) is 20.3. The molecule has 0 radical (unpaired) electrons. The minimum atomic E-state index is -0.664. The summed E-state index contributed by atoms with van der Waals surface area (Å²) in [5, 5.41) is 3.75. The number of hydrogen-bond acceptors (Lipinski definition) is 5. The van der Waals surface area contributed by atoms with Gasteiger partial charge in [-0.3, -0.25) is 4.79 Å². The first-order valence-corrected chi connectivity index (χ1v) is 9.32. The van der Waals surface area contributed by atoms with Gasteiger partial charge in [0.25, 0.3) is 5.91 Å². The van der Waals surface area contributed by atoms with Gasteiger partial charge in [0.1, 0.15) is 11.3 Å². The van der Waals surface area contributed by atoms with Gasteiger partial charge in [0.05, 0.1) is 6.33 Å². The summed E-state index contributed by atoms with van der Waals surface area (Å²) in [4.78, 5) is 28.3. The number of fused-ring (bicyclic) bond motifs is 1. The second-order valence-electron chi connectivity index (χ2n) is 6.91. The smallest absolute Gasteiger partial charge is 0.339 e. The number of nitrogens with zero attached hydrogens (tertiary/aromatic N) is 2. The van der Waals surface area contributed by atoms with E-state index in [1.807, 2.05) is 36.7 Å². The van der Waals surface area contributed by atoms with Crippen molar-refractivity contribution in [3.05, 3.63) is 58.0 Å². The van der Waals surface area contributed by atoms with Crippen molar-refractivity contribution in [1.29, 1.82) is 0 Å². The van der Waals surface area contributed by atoms with E-state index in [4.69, 9.17) is 9.15 Å². The maximum Gasteiger partial charge on any atom is 0.339 e. The highest BCUT2D eigenvalue weighted by Gasteiger charge is 2.18. The highest BCUT2D eigenvalue weighted by atomic mass is 16.5. The Bertz CT molecular complexity index is 1040. The summed E-state index contributed by atoms with van der Waals surface area (Å²) in [5.74, 6) is 0.339. The number of ether oxygens (including phenoxy) is 1. The van der Waals surface area contributed by atoms with Crippen LogP contribution in [0.2, 0.25) is 0 Å². The van der Waals surface area contributed by atoms with Crippen LogP contribution in [-0.2, 0) is 11.3 Å². The maximum atomic E-state index is 12.3. The number of carbonyl (C=O) groups is 1. The average molecular weight is 383 g/mol. The molecule has 0 aliphatic heterocycles. The molecule has 0 unspecified atom stereocenters. The number of carbonyl (C=O) groups excluding carboxylic acids is 1. The van der Waals surface area contributed by atoms with Gasteiger partial charge in [-0.2, -0.15) is 0 Å². The van der Waals surface area contributed by atoms with Crippen LogP contribution < -0.4 is 15.7 Å². The Hall–Kier alpha value is -3.09. The summed E-state index contributed by atoms with van der Waals surface area (Å²) in [6, 6.07) is 3.67. The highest BCUT2D eigenvalue weighted by Crippen LogP contribution is 2.29. The second kappa shape index (κ2) is 8.29. The lowest BCUT2D eigenvalue weighted by Crippen LogP contribution is -2.37. The van der Waals surface area contributed by atoms with Crippen LogP contribution in [0.25, 0.3) is 11.0 Å². The third-order valence-corrected chi connectivity index (χ3v) is 4.95. The molecule has 1 atom stereocenters. The number of imidazole rings is 1. The number of benzene rings is 1. The second-order valence-corrected chi connectivity index (χ2v) is 6.91. The van der Waals surface area contributed by atoms with Gasteiger partial charge in [0.2, 0.25) is 0 Å². The first-order chi connectivity index (χ1) is 13.4. The molecule has 28 heavy (non-hydrogen) atoms. The predicted octanol–water partition coefficient (Wildman–Crippen LogP) is 2.89. The number of rotatable bonds is 7. The topological polar surface area (TPSA) is 86.4 Å². The van der Waals surface area contributed by atoms with Crippen molar-refractivity contribution in [2.24, 2.45) is 0 Å². The maximum absolute atomic E-state index is 12.3. The van der Waals surface area contributed by atoms with Gasteiger partial charge in [0.15, 0.2) is 6.10 Å². The van der Waals surface area contributed by atoms with Crippen LogP contribution in [0.15, 0.2) is 40.1 Å². The molecule has 2 heterocycles. The van der Waals surface area contributed by atoms with E-state index in [1.54, 1.807) is 26.4 Å². The lowest BCUT2D eigenvalue weighted by molar-refractivity contribution is -0.127. The normalized spacial score (nSPS) is 12.1. The Labute approximate surface area is 163 Å². The first kappa shape index (κ1) is 19.7. The molecule has 0 aliphatic carbocycles. The minimum Gasteiger partial charge on any atom is -0.480 e. The molecule has 0 spiro atoms. The van der Waals surface area contributed by atoms with Crippen LogP contribution in [0.5, 0.6) is 5.75 Å². The summed E-state index contributed by atoms with van der Waals surface area (Å²) >= 11 is 0. The summed E-state index contributed by atoms with van der Waals surface area (Å²) < 4.78 is 13.3. The largest absolute Gasteiger partial charge is 0.480 e. The molecular weight excluding hydrogens is 358 g/mol. The molecule has 7 heteroatoms. The molecule has 1 N–H and O–H groups in total. The third kappa shape index (κ3) is 4.08. The van der Waals surface area contributed by atoms with E-state index in [0.29, 0.717) is 29.0 Å². The highest BCUT2D eigenvalue weighted by molar-refractivity contribution is 5.86. The van der Waals surface area contributed by atoms with Crippen molar-refractivity contribution in [2.75, 3.05) is 6.54 Å². The monoisotopic (exact) mass is 383 g/mol. The van der Waals surface area contributed by atoms with Crippen molar-refractivity contribution >= 4 is 16.9 Å². The van der Waals surface area contributed by atoms with Crippen LogP contribution in [0.3, 0.4) is 0 Å². The standard InChI is InChI=1S/C21H25N3O4/c1-13-14(2)21(26)28-19-15(3)18(7-6-17(13)19)27-16(4)20(25)23-8-5-10-24-11-9-22-12-24/h6-7,9,11-12,16H,5,8,10H2,1-4H3,(H,23,25)/t16-/m0/s1. The number of nitrogens with one attached hydrogen (secondary N) is 1. The molecule has 0 fully saturated rings. The fourth-order valence-corrected chi connectivity index (χ4v) is 3.03. The van der Waals surface area contributed by atoms with Crippen molar-refractivity contribution in [3.63, 3.8) is 0 Å². The molecule has 2 aromatic heterocycles. The van der Waals surface area contributed by atoms with Crippen LogP contribution in [0.4, 0.5) is 0 Å². The molecule has 3 aromatic rings. The van der Waals surface area contributed by atoms with Crippen molar-refractivity contribution in [3.8, 4) is 5.75 Å². The number of hydrogen-bond donors (Lipinski definition) is 1. The minimum absolute atomic E-state index is 0.188. The summed E-state index contributed by atoms with van der Waals surface area (Å²) in [5.41, 5.74) is 2.35. The van der Waals surface area contributed by atoms with Gasteiger partial charge in [-0.1, -0.05) is 0 Å². The predicted molar refractivity (Wildman–Crippen MR) is 107 cm³/mol. The number of aryl methyl sites for hydroxylation is 3. The van der Waals surface area contributed by atoms with E-state index < -0.39 is 6.10 Å². The molecule has 3 rings (SSSR count). The van der Waals surface area contributed by atoms with Crippen LogP contribution in [0, 0.1) is 20.8 Å². The van der Waals surface area contributed by atoms with Crippen LogP contribution >= 0.6 is 0 Å². The summed E-state index contributed by atoms with van der Waals surface area (Å²) in [7, 11) is 0. The molecular formula is C21H25N3O4. The Morgan fingerprint density at radius 1 is 1.25 bits per heavy atom. The van der Waals surface area contributed by atoms with E-state index in [0.717, 1.165) is 23.9 Å². The average Bonchev–Trinajstić information content (AvgIpc) is 3.19. The SMILES string of the molecule is Cc1c(C)c2ccc(O[C@@H](C)C(=O)NCCCn3ccnc3)c(C)c2oc1=O. The van der Waals surface area contributed by atoms with Crippen molar-refractivity contribution in [2.45, 2.75) is 46.8 Å². The Balaban J connectivity index is 1.64. The zero-order valence-corrected chi connectivity index (χ0v) is 16.6. The first-order valence-electron chi connectivity index (χ1n) is 9.32. The molecule has 0 bridgehead atoms. The Morgan fingerprint density at radius 2 is 2.04 bits per heavy atom. The molecule has 0 aliphatic rings. The van der Waals surface area contributed by atoms with E-state index in [1.165, 1.54) is 0 Å². The van der Waals surface area contributed by atoms with Gasteiger partial charge in [0, 0.05) is 42.0 Å². The van der Waals surface area contributed by atoms with E-state index in [9.17, 15) is 9.59 Å². The molecule has 1 amide bonds. The van der Waals surface area contributed by atoms with Crippen molar-refractivity contribution < 1.29 is 13.9 Å². The fraction of sp³-hybridized carbons (Fsp3) is 0.381. The van der Waals surface area contributed by atoms with E-state index in [2.05, 4.69) is 10.3 Å². The lowest BCUT2D eigenvalue weighted by atomic mass is 10.0. The molecule has 7 nitrogen and oxygen atoms in total. The zero-order valence-electron chi connectivity index (χ0n) is 16.6. The summed E-state index contributed by atoms with van der Waals surface area (Å²) in [6.45, 7) is 8.51. The number of aromatic nitrogens is 2. The van der Waals surface area contributed by atoms with Crippen molar-refractivity contribution in [1.82, 2.24) is 14.9 Å². The quantitative estimate of drug-likeness (QED) is 0.501. The molecule has 1 aromatic carbocycles. The van der Waals surface area contributed by atoms with Gasteiger partial charge >= 0.3 is 5.63 Å². The van der Waals surface area contributed by atoms with Gasteiger partial charge in [-0.05, 0) is 51.8 Å². The third-order valence-electron chi connectivity index (χ3n) is 4.95. The Morgan fingerprint density at radius 3 is 2.75 bits per heavy atom. The molecule has 0 saturated heterocycles. The van der Waals surface area contributed by atoms with E-state index >= 15 is 0 Å².